The lowest BCUT2D eigenvalue weighted by Crippen LogP contribution is -2.09. The largest absolute Gasteiger partial charge is 0.489 e. The van der Waals surface area contributed by atoms with Crippen molar-refractivity contribution in [1.82, 2.24) is 9.55 Å². The summed E-state index contributed by atoms with van der Waals surface area (Å²) in [6.45, 7) is 1.09. The maximum Gasteiger partial charge on any atom is 0.323 e. The molecule has 2 aromatic rings. The second kappa shape index (κ2) is 5.24. The number of hydrogen-bond acceptors (Lipinski definition) is 5. The van der Waals surface area contributed by atoms with E-state index in [-0.39, 0.29) is 6.54 Å². The molecule has 0 spiro atoms. The van der Waals surface area contributed by atoms with Crippen molar-refractivity contribution < 1.29 is 19.4 Å². The molecule has 0 radical (unpaired) electrons. The Morgan fingerprint density at radius 1 is 1.40 bits per heavy atom. The lowest BCUT2D eigenvalue weighted by atomic mass is 10.2. The Bertz CT molecular complexity index is 668. The average molecular weight is 294 g/mol. The molecule has 0 unspecified atom stereocenters. The predicted octanol–water partition coefficient (Wildman–Crippen LogP) is 2.00. The number of nitrogens with zero attached hydrogens (tertiary/aromatic N) is 2. The van der Waals surface area contributed by atoms with Crippen LogP contribution in [-0.2, 0) is 11.3 Å². The van der Waals surface area contributed by atoms with Crippen molar-refractivity contribution >= 4 is 28.8 Å². The number of aliphatic carboxylic acids is 1. The van der Waals surface area contributed by atoms with Crippen molar-refractivity contribution in [3.8, 4) is 11.5 Å². The first-order chi connectivity index (χ1) is 9.69. The number of benzene rings is 1. The summed E-state index contributed by atoms with van der Waals surface area (Å²) in [4.78, 5) is 15.5. The van der Waals surface area contributed by atoms with Gasteiger partial charge in [-0.25, -0.2) is 4.98 Å². The summed E-state index contributed by atoms with van der Waals surface area (Å²) in [5.41, 5.74) is 1.47. The molecule has 1 aliphatic heterocycles. The molecule has 3 rings (SSSR count). The van der Waals surface area contributed by atoms with E-state index in [0.717, 1.165) is 17.5 Å². The molecule has 1 aromatic heterocycles. The summed E-state index contributed by atoms with van der Waals surface area (Å²) >= 11 is 1.42. The topological polar surface area (TPSA) is 73.6 Å². The van der Waals surface area contributed by atoms with Crippen LogP contribution in [0.25, 0.3) is 11.0 Å². The van der Waals surface area contributed by atoms with Gasteiger partial charge in [-0.2, -0.15) is 0 Å². The summed E-state index contributed by atoms with van der Waals surface area (Å²) in [5, 5.41) is 9.70. The van der Waals surface area contributed by atoms with Crippen molar-refractivity contribution in [1.29, 1.82) is 0 Å². The van der Waals surface area contributed by atoms with Gasteiger partial charge in [0.25, 0.3) is 0 Å². The fourth-order valence-electron chi connectivity index (χ4n) is 2.20. The fourth-order valence-corrected chi connectivity index (χ4v) is 2.78. The summed E-state index contributed by atoms with van der Waals surface area (Å²) in [7, 11) is 0. The van der Waals surface area contributed by atoms with Crippen LogP contribution in [0, 0.1) is 0 Å². The minimum atomic E-state index is -0.897. The summed E-state index contributed by atoms with van der Waals surface area (Å²) in [5.74, 6) is 0.420. The molecule has 106 valence electrons. The van der Waals surface area contributed by atoms with E-state index in [1.807, 2.05) is 18.4 Å². The van der Waals surface area contributed by atoms with E-state index in [9.17, 15) is 4.79 Å². The van der Waals surface area contributed by atoms with Gasteiger partial charge in [0.05, 0.1) is 24.2 Å². The van der Waals surface area contributed by atoms with Gasteiger partial charge in [0.1, 0.15) is 6.54 Å². The van der Waals surface area contributed by atoms with Crippen LogP contribution < -0.4 is 9.47 Å². The highest BCUT2D eigenvalue weighted by atomic mass is 32.2. The Morgan fingerprint density at radius 2 is 2.10 bits per heavy atom. The molecule has 0 saturated heterocycles. The van der Waals surface area contributed by atoms with Gasteiger partial charge in [-0.3, -0.25) is 4.79 Å². The molecule has 0 atom stereocenters. The summed E-state index contributed by atoms with van der Waals surface area (Å²) in [6, 6.07) is 3.62. The molecular formula is C13H14N2O4S. The molecule has 20 heavy (non-hydrogen) atoms. The van der Waals surface area contributed by atoms with E-state index in [1.54, 1.807) is 4.57 Å². The van der Waals surface area contributed by atoms with E-state index >= 15 is 0 Å². The first-order valence-corrected chi connectivity index (χ1v) is 7.47. The molecule has 1 aromatic carbocycles. The quantitative estimate of drug-likeness (QED) is 0.873. The maximum atomic E-state index is 11.0. The first kappa shape index (κ1) is 13.1. The lowest BCUT2D eigenvalue weighted by molar-refractivity contribution is -0.137. The third-order valence-corrected chi connectivity index (χ3v) is 3.74. The van der Waals surface area contributed by atoms with Gasteiger partial charge < -0.3 is 19.1 Å². The number of thioether (sulfide) groups is 1. The summed E-state index contributed by atoms with van der Waals surface area (Å²) < 4.78 is 12.9. The van der Waals surface area contributed by atoms with Gasteiger partial charge in [-0.05, 0) is 6.26 Å². The molecule has 2 heterocycles. The van der Waals surface area contributed by atoms with Gasteiger partial charge in [0.2, 0.25) is 0 Å². The fraction of sp³-hybridized carbons (Fsp3) is 0.385. The Hall–Kier alpha value is -1.89. The Labute approximate surface area is 119 Å². The Morgan fingerprint density at radius 3 is 2.75 bits per heavy atom. The number of imidazole rings is 1. The highest BCUT2D eigenvalue weighted by molar-refractivity contribution is 7.98. The Balaban J connectivity index is 2.16. The standard InChI is InChI=1S/C13H14N2O4S/c1-20-13-14-8-5-10-11(19-4-2-3-18-10)6-9(8)15(13)7-12(16)17/h5-6H,2-4,7H2,1H3,(H,16,17). The molecule has 1 N–H and O–H groups in total. The second-order valence-corrected chi connectivity index (χ2v) is 5.19. The first-order valence-electron chi connectivity index (χ1n) is 6.24. The van der Waals surface area contributed by atoms with E-state index in [1.165, 1.54) is 11.8 Å². The molecule has 0 saturated carbocycles. The normalized spacial score (nSPS) is 14.2. The SMILES string of the molecule is CSc1nc2cc3c(cc2n1CC(=O)O)OCCCO3. The van der Waals surface area contributed by atoms with Crippen molar-refractivity contribution in [3.63, 3.8) is 0 Å². The number of fused-ring (bicyclic) bond motifs is 2. The molecule has 0 fully saturated rings. The van der Waals surface area contributed by atoms with Crippen LogP contribution >= 0.6 is 11.8 Å². The molecule has 1 aliphatic rings. The predicted molar refractivity (Wildman–Crippen MR) is 74.8 cm³/mol. The molecular weight excluding hydrogens is 280 g/mol. The van der Waals surface area contributed by atoms with Crippen LogP contribution in [0.4, 0.5) is 0 Å². The van der Waals surface area contributed by atoms with Crippen LogP contribution in [0.3, 0.4) is 0 Å². The zero-order chi connectivity index (χ0) is 14.1. The maximum absolute atomic E-state index is 11.0. The molecule has 0 aliphatic carbocycles. The number of ether oxygens (including phenoxy) is 2. The lowest BCUT2D eigenvalue weighted by Gasteiger charge is -2.08. The Kier molecular flexibility index (Phi) is 3.43. The minimum absolute atomic E-state index is 0.119. The highest BCUT2D eigenvalue weighted by Gasteiger charge is 2.18. The molecule has 7 heteroatoms. The zero-order valence-electron chi connectivity index (χ0n) is 11.0. The third-order valence-electron chi connectivity index (χ3n) is 3.06. The number of aromatic nitrogens is 2. The van der Waals surface area contributed by atoms with E-state index in [0.29, 0.717) is 29.9 Å². The zero-order valence-corrected chi connectivity index (χ0v) is 11.8. The van der Waals surface area contributed by atoms with Crippen molar-refractivity contribution in [2.75, 3.05) is 19.5 Å². The van der Waals surface area contributed by atoms with Gasteiger partial charge in [0, 0.05) is 18.6 Å². The minimum Gasteiger partial charge on any atom is -0.489 e. The van der Waals surface area contributed by atoms with Gasteiger partial charge in [0.15, 0.2) is 16.7 Å². The number of carbonyl (C=O) groups is 1. The van der Waals surface area contributed by atoms with Crippen LogP contribution in [0.1, 0.15) is 6.42 Å². The van der Waals surface area contributed by atoms with Gasteiger partial charge in [-0.1, -0.05) is 11.8 Å². The van der Waals surface area contributed by atoms with Crippen LogP contribution in [0.15, 0.2) is 17.3 Å². The highest BCUT2D eigenvalue weighted by Crippen LogP contribution is 2.35. The van der Waals surface area contributed by atoms with Crippen molar-refractivity contribution in [3.05, 3.63) is 12.1 Å². The number of hydrogen-bond donors (Lipinski definition) is 1. The van der Waals surface area contributed by atoms with E-state index in [2.05, 4.69) is 4.98 Å². The smallest absolute Gasteiger partial charge is 0.323 e. The summed E-state index contributed by atoms with van der Waals surface area (Å²) in [6.07, 6.45) is 2.70. The van der Waals surface area contributed by atoms with Crippen LogP contribution in [0.5, 0.6) is 11.5 Å². The van der Waals surface area contributed by atoms with E-state index < -0.39 is 5.97 Å². The van der Waals surface area contributed by atoms with Crippen molar-refractivity contribution in [2.24, 2.45) is 0 Å². The number of carboxylic acid groups (broad SMARTS) is 1. The molecule has 6 nitrogen and oxygen atoms in total. The second-order valence-electron chi connectivity index (χ2n) is 4.42. The molecule has 0 bridgehead atoms. The molecule has 0 amide bonds. The van der Waals surface area contributed by atoms with Crippen LogP contribution in [-0.4, -0.2) is 40.1 Å². The van der Waals surface area contributed by atoms with Crippen LogP contribution in [0.2, 0.25) is 0 Å². The average Bonchev–Trinajstić information content (AvgIpc) is 2.60. The monoisotopic (exact) mass is 294 g/mol. The van der Waals surface area contributed by atoms with Crippen molar-refractivity contribution in [2.45, 2.75) is 18.1 Å². The number of carboxylic acids is 1. The number of rotatable bonds is 3. The van der Waals surface area contributed by atoms with E-state index in [4.69, 9.17) is 14.6 Å². The van der Waals surface area contributed by atoms with Gasteiger partial charge >= 0.3 is 5.97 Å². The van der Waals surface area contributed by atoms with Gasteiger partial charge in [-0.15, -0.1) is 0 Å². The third kappa shape index (κ3) is 2.29.